The lowest BCUT2D eigenvalue weighted by Crippen LogP contribution is -2.52. The number of hydrogen-bond donors (Lipinski definition) is 1. The molecule has 1 saturated heterocycles. The summed E-state index contributed by atoms with van der Waals surface area (Å²) in [5.41, 5.74) is 4.49. The first-order valence-electron chi connectivity index (χ1n) is 11.2. The molecule has 0 saturated carbocycles. The molecule has 2 heterocycles. The fourth-order valence-electron chi connectivity index (χ4n) is 4.34. The lowest BCUT2D eigenvalue weighted by molar-refractivity contribution is -0.121. The zero-order valence-electron chi connectivity index (χ0n) is 19.0. The average Bonchev–Trinajstić information content (AvgIpc) is 3.23. The molecule has 0 unspecified atom stereocenters. The second-order valence-corrected chi connectivity index (χ2v) is 8.86. The second kappa shape index (κ2) is 9.28. The Morgan fingerprint density at radius 3 is 2.52 bits per heavy atom. The Kier molecular flexibility index (Phi) is 6.49. The van der Waals surface area contributed by atoms with Crippen molar-refractivity contribution in [2.45, 2.75) is 46.2 Å². The van der Waals surface area contributed by atoms with Crippen LogP contribution in [-0.4, -0.2) is 54.7 Å². The number of anilines is 1. The van der Waals surface area contributed by atoms with Gasteiger partial charge in [0.1, 0.15) is 0 Å². The van der Waals surface area contributed by atoms with Crippen LogP contribution >= 0.6 is 0 Å². The van der Waals surface area contributed by atoms with Gasteiger partial charge in [-0.3, -0.25) is 14.6 Å². The molecule has 0 aliphatic carbocycles. The van der Waals surface area contributed by atoms with Crippen LogP contribution in [0.15, 0.2) is 36.4 Å². The summed E-state index contributed by atoms with van der Waals surface area (Å²) >= 11 is 0. The number of benzene rings is 2. The molecule has 0 aromatic heterocycles. The molecular weight excluding hydrogens is 390 g/mol. The fraction of sp³-hybridized carbons (Fsp3) is 0.480. The van der Waals surface area contributed by atoms with Crippen molar-refractivity contribution in [1.29, 1.82) is 0 Å². The van der Waals surface area contributed by atoms with Gasteiger partial charge in [-0.15, -0.1) is 0 Å². The number of hydrogen-bond acceptors (Lipinski definition) is 5. The molecule has 2 aromatic carbocycles. The third kappa shape index (κ3) is 4.86. The van der Waals surface area contributed by atoms with Crippen molar-refractivity contribution in [2.24, 2.45) is 0 Å². The molecule has 0 radical (unpaired) electrons. The average molecular weight is 424 g/mol. The summed E-state index contributed by atoms with van der Waals surface area (Å²) in [6.07, 6.45) is 0. The number of amides is 1. The van der Waals surface area contributed by atoms with E-state index < -0.39 is 0 Å². The summed E-state index contributed by atoms with van der Waals surface area (Å²) in [5.74, 6) is 2.09. The Balaban J connectivity index is 1.32. The zero-order chi connectivity index (χ0) is 22.0. The molecule has 6 heteroatoms. The summed E-state index contributed by atoms with van der Waals surface area (Å²) < 4.78 is 10.9. The first-order valence-corrected chi connectivity index (χ1v) is 11.2. The number of carbonyl (C=O) groups is 1. The monoisotopic (exact) mass is 423 g/mol. The molecule has 31 heavy (non-hydrogen) atoms. The van der Waals surface area contributed by atoms with Crippen molar-refractivity contribution in [3.8, 4) is 11.5 Å². The molecule has 2 aromatic rings. The third-order valence-electron chi connectivity index (χ3n) is 6.35. The summed E-state index contributed by atoms with van der Waals surface area (Å²) in [6, 6.07) is 12.2. The molecule has 1 amide bonds. The van der Waals surface area contributed by atoms with E-state index in [1.165, 1.54) is 11.1 Å². The molecule has 6 nitrogen and oxygen atoms in total. The Morgan fingerprint density at radius 2 is 1.77 bits per heavy atom. The molecule has 2 aliphatic rings. The highest BCUT2D eigenvalue weighted by Crippen LogP contribution is 2.33. The van der Waals surface area contributed by atoms with Crippen molar-refractivity contribution >= 4 is 11.6 Å². The predicted molar refractivity (Wildman–Crippen MR) is 123 cm³/mol. The van der Waals surface area contributed by atoms with Gasteiger partial charge in [-0.2, -0.15) is 0 Å². The second-order valence-electron chi connectivity index (χ2n) is 8.86. The molecular formula is C25H33N3O3. The number of piperazine rings is 1. The number of nitrogens with zero attached hydrogens (tertiary/aromatic N) is 2. The minimum Gasteiger partial charge on any atom is -0.454 e. The number of carbonyl (C=O) groups excluding carboxylic acids is 1. The lowest BCUT2D eigenvalue weighted by Gasteiger charge is -2.37. The largest absolute Gasteiger partial charge is 0.454 e. The van der Waals surface area contributed by atoms with E-state index in [1.54, 1.807) is 0 Å². The van der Waals surface area contributed by atoms with Crippen LogP contribution in [0.25, 0.3) is 0 Å². The number of nitrogens with one attached hydrogen (secondary N) is 1. The number of fused-ring (bicyclic) bond motifs is 1. The number of rotatable bonds is 6. The van der Waals surface area contributed by atoms with E-state index in [0.29, 0.717) is 12.7 Å². The van der Waals surface area contributed by atoms with Crippen molar-refractivity contribution in [1.82, 2.24) is 9.80 Å². The van der Waals surface area contributed by atoms with Gasteiger partial charge in [-0.1, -0.05) is 38.1 Å². The molecule has 0 spiro atoms. The van der Waals surface area contributed by atoms with Gasteiger partial charge in [0.15, 0.2) is 11.5 Å². The summed E-state index contributed by atoms with van der Waals surface area (Å²) in [7, 11) is 0. The normalized spacial score (nSPS) is 17.7. The maximum absolute atomic E-state index is 13.0. The van der Waals surface area contributed by atoms with Gasteiger partial charge >= 0.3 is 0 Å². The Hall–Kier alpha value is -2.57. The first-order chi connectivity index (χ1) is 14.9. The Morgan fingerprint density at radius 1 is 1.03 bits per heavy atom. The minimum absolute atomic E-state index is 0.0698. The fourth-order valence-corrected chi connectivity index (χ4v) is 4.34. The highest BCUT2D eigenvalue weighted by Gasteiger charge is 2.27. The smallest absolute Gasteiger partial charge is 0.241 e. The highest BCUT2D eigenvalue weighted by atomic mass is 16.7. The van der Waals surface area contributed by atoms with Crippen molar-refractivity contribution < 1.29 is 14.3 Å². The van der Waals surface area contributed by atoms with Gasteiger partial charge in [-0.05, 0) is 48.6 Å². The van der Waals surface area contributed by atoms with Crippen molar-refractivity contribution in [3.05, 3.63) is 53.1 Å². The van der Waals surface area contributed by atoms with E-state index in [4.69, 9.17) is 9.47 Å². The summed E-state index contributed by atoms with van der Waals surface area (Å²) in [6.45, 7) is 13.2. The van der Waals surface area contributed by atoms with Crippen LogP contribution in [0.1, 0.15) is 43.4 Å². The Bertz CT molecular complexity index is 936. The summed E-state index contributed by atoms with van der Waals surface area (Å²) in [4.78, 5) is 17.7. The van der Waals surface area contributed by atoms with E-state index in [-0.39, 0.29) is 11.9 Å². The molecule has 1 atom stereocenters. The van der Waals surface area contributed by atoms with E-state index >= 15 is 0 Å². The van der Waals surface area contributed by atoms with Crippen LogP contribution in [0.2, 0.25) is 0 Å². The van der Waals surface area contributed by atoms with Gasteiger partial charge < -0.3 is 14.8 Å². The Labute approximate surface area is 185 Å². The van der Waals surface area contributed by atoms with E-state index in [2.05, 4.69) is 66.2 Å². The lowest BCUT2D eigenvalue weighted by atomic mass is 9.98. The van der Waals surface area contributed by atoms with E-state index in [9.17, 15) is 4.79 Å². The third-order valence-corrected chi connectivity index (χ3v) is 6.35. The molecule has 1 N–H and O–H groups in total. The number of aryl methyl sites for hydroxylation is 1. The molecule has 166 valence electrons. The molecule has 2 aliphatic heterocycles. The predicted octanol–water partition coefficient (Wildman–Crippen LogP) is 3.99. The van der Waals surface area contributed by atoms with Crippen LogP contribution < -0.4 is 14.8 Å². The van der Waals surface area contributed by atoms with Gasteiger partial charge in [0.05, 0.1) is 6.04 Å². The SMILES string of the molecule is Cc1cccc(C(C)C)c1NC(=O)[C@H](C)N1CCN(Cc2ccc3c(c2)OCO3)CC1. The van der Waals surface area contributed by atoms with Crippen LogP contribution in [0.3, 0.4) is 0 Å². The van der Waals surface area contributed by atoms with Crippen LogP contribution in [0, 0.1) is 6.92 Å². The standard InChI is InChI=1S/C25H33N3O3/c1-17(2)21-7-5-6-18(3)24(21)26-25(29)19(4)28-12-10-27(11-13-28)15-20-8-9-22-23(14-20)31-16-30-22/h5-9,14,17,19H,10-13,15-16H2,1-4H3,(H,26,29)/t19-/m0/s1. The first kappa shape index (κ1) is 21.7. The topological polar surface area (TPSA) is 54.0 Å². The van der Waals surface area contributed by atoms with Gasteiger partial charge in [0.25, 0.3) is 0 Å². The highest BCUT2D eigenvalue weighted by molar-refractivity contribution is 5.96. The minimum atomic E-state index is -0.160. The van der Waals surface area contributed by atoms with Crippen LogP contribution in [0.4, 0.5) is 5.69 Å². The van der Waals surface area contributed by atoms with E-state index in [1.807, 2.05) is 13.0 Å². The molecule has 1 fully saturated rings. The number of ether oxygens (including phenoxy) is 2. The quantitative estimate of drug-likeness (QED) is 0.761. The van der Waals surface area contributed by atoms with Gasteiger partial charge in [0.2, 0.25) is 12.7 Å². The maximum atomic E-state index is 13.0. The van der Waals surface area contributed by atoms with Gasteiger partial charge in [-0.25, -0.2) is 0 Å². The van der Waals surface area contributed by atoms with E-state index in [0.717, 1.165) is 55.5 Å². The van der Waals surface area contributed by atoms with Crippen LogP contribution in [-0.2, 0) is 11.3 Å². The maximum Gasteiger partial charge on any atom is 0.241 e. The van der Waals surface area contributed by atoms with Crippen molar-refractivity contribution in [2.75, 3.05) is 38.3 Å². The van der Waals surface area contributed by atoms with Crippen molar-refractivity contribution in [3.63, 3.8) is 0 Å². The molecule has 4 rings (SSSR count). The van der Waals surface area contributed by atoms with Gasteiger partial charge in [0, 0.05) is 38.4 Å². The molecule has 0 bridgehead atoms. The van der Waals surface area contributed by atoms with Crippen LogP contribution in [0.5, 0.6) is 11.5 Å². The zero-order valence-corrected chi connectivity index (χ0v) is 19.0. The number of para-hydroxylation sites is 1. The summed E-state index contributed by atoms with van der Waals surface area (Å²) in [5, 5.41) is 3.21.